The van der Waals surface area contributed by atoms with Crippen LogP contribution in [0, 0.1) is 23.2 Å². The molecular weight excluding hydrogens is 328 g/mol. The molecule has 2 saturated heterocycles. The summed E-state index contributed by atoms with van der Waals surface area (Å²) in [6.45, 7) is 16.2. The molecule has 0 N–H and O–H groups in total. The lowest BCUT2D eigenvalue weighted by Gasteiger charge is -2.58. The predicted octanol–water partition coefficient (Wildman–Crippen LogP) is 3.76. The molecule has 140 valence electrons. The van der Waals surface area contributed by atoms with Crippen LogP contribution >= 0.6 is 0 Å². The Balaban J connectivity index is 1.66. The molecule has 3 fully saturated rings. The highest BCUT2D eigenvalue weighted by Gasteiger charge is 2.68. The van der Waals surface area contributed by atoms with Gasteiger partial charge in [0.2, 0.25) is 0 Å². The van der Waals surface area contributed by atoms with E-state index < -0.39 is 11.6 Å². The summed E-state index contributed by atoms with van der Waals surface area (Å²) in [7, 11) is 0. The number of hydrogen-bond donors (Lipinski definition) is 0. The molecular formula is C22H28O4. The third-order valence-corrected chi connectivity index (χ3v) is 6.84. The molecule has 4 aliphatic carbocycles. The van der Waals surface area contributed by atoms with Crippen LogP contribution in [0.4, 0.5) is 0 Å². The van der Waals surface area contributed by atoms with Crippen LogP contribution in [0.5, 0.6) is 0 Å². The Kier molecular flexibility index (Phi) is 3.25. The summed E-state index contributed by atoms with van der Waals surface area (Å²) in [6, 6.07) is 0. The van der Waals surface area contributed by atoms with Crippen LogP contribution in [0.25, 0.3) is 0 Å². The number of hydrogen-bond acceptors (Lipinski definition) is 4. The lowest BCUT2D eigenvalue weighted by atomic mass is 9.48. The van der Waals surface area contributed by atoms with E-state index >= 15 is 0 Å². The van der Waals surface area contributed by atoms with E-state index in [0.29, 0.717) is 0 Å². The average Bonchev–Trinajstić information content (AvgIpc) is 3.09. The molecule has 2 aliphatic heterocycles. The largest absolute Gasteiger partial charge is 0.344 e. The molecule has 0 aromatic heterocycles. The van der Waals surface area contributed by atoms with Crippen LogP contribution in [0.3, 0.4) is 0 Å². The molecule has 8 atom stereocenters. The predicted molar refractivity (Wildman–Crippen MR) is 98.2 cm³/mol. The van der Waals surface area contributed by atoms with E-state index in [4.69, 9.17) is 18.9 Å². The first-order chi connectivity index (χ1) is 12.2. The second-order valence-corrected chi connectivity index (χ2v) is 9.16. The molecule has 0 spiro atoms. The van der Waals surface area contributed by atoms with Gasteiger partial charge in [0.25, 0.3) is 0 Å². The van der Waals surface area contributed by atoms with Crippen molar-refractivity contribution in [1.29, 1.82) is 0 Å². The van der Waals surface area contributed by atoms with Gasteiger partial charge in [-0.05, 0) is 39.2 Å². The Morgan fingerprint density at radius 1 is 0.962 bits per heavy atom. The molecule has 1 unspecified atom stereocenters. The van der Waals surface area contributed by atoms with E-state index in [1.54, 1.807) is 0 Å². The van der Waals surface area contributed by atoms with Crippen LogP contribution in [0.15, 0.2) is 49.1 Å². The quantitative estimate of drug-likeness (QED) is 0.706. The van der Waals surface area contributed by atoms with E-state index in [1.807, 2.05) is 33.8 Å². The van der Waals surface area contributed by atoms with Gasteiger partial charge in [-0.25, -0.2) is 0 Å². The van der Waals surface area contributed by atoms with Gasteiger partial charge in [0, 0.05) is 17.3 Å². The van der Waals surface area contributed by atoms with E-state index in [2.05, 4.69) is 37.5 Å². The molecule has 4 heteroatoms. The van der Waals surface area contributed by atoms with Crippen molar-refractivity contribution in [3.8, 4) is 0 Å². The van der Waals surface area contributed by atoms with Crippen LogP contribution in [0.1, 0.15) is 27.7 Å². The molecule has 6 rings (SSSR count). The molecule has 2 bridgehead atoms. The molecule has 0 radical (unpaired) electrons. The van der Waals surface area contributed by atoms with Gasteiger partial charge in [-0.2, -0.15) is 0 Å². The summed E-state index contributed by atoms with van der Waals surface area (Å²) in [6.07, 6.45) is 10.8. The zero-order valence-electron chi connectivity index (χ0n) is 16.0. The maximum Gasteiger partial charge on any atom is 0.164 e. The highest BCUT2D eigenvalue weighted by Crippen LogP contribution is 2.63. The van der Waals surface area contributed by atoms with Crippen molar-refractivity contribution in [3.05, 3.63) is 49.1 Å². The Bertz CT molecular complexity index is 732. The third kappa shape index (κ3) is 1.99. The second kappa shape index (κ2) is 4.99. The Hall–Kier alpha value is -1.20. The SMILES string of the molecule is C=CC1=C[C@@H]2[C@H](C3OC(C)(C)O[C@H]13)[C@@H]1C=C[C@@]2(C=C)[C@H]2OC(C)(C)O[C@@H]12. The monoisotopic (exact) mass is 356 g/mol. The first kappa shape index (κ1) is 16.9. The molecule has 1 saturated carbocycles. The Morgan fingerprint density at radius 2 is 1.65 bits per heavy atom. The van der Waals surface area contributed by atoms with Crippen molar-refractivity contribution >= 4 is 0 Å². The van der Waals surface area contributed by atoms with Gasteiger partial charge < -0.3 is 18.9 Å². The van der Waals surface area contributed by atoms with Gasteiger partial charge in [-0.15, -0.1) is 6.58 Å². The van der Waals surface area contributed by atoms with Crippen molar-refractivity contribution in [3.63, 3.8) is 0 Å². The third-order valence-electron chi connectivity index (χ3n) is 6.84. The summed E-state index contributed by atoms with van der Waals surface area (Å²) >= 11 is 0. The minimum absolute atomic E-state index is 0.0147. The first-order valence-electron chi connectivity index (χ1n) is 9.60. The summed E-state index contributed by atoms with van der Waals surface area (Å²) in [5.41, 5.74) is 0.811. The van der Waals surface area contributed by atoms with Crippen LogP contribution in [-0.2, 0) is 18.9 Å². The van der Waals surface area contributed by atoms with Gasteiger partial charge >= 0.3 is 0 Å². The van der Waals surface area contributed by atoms with Gasteiger partial charge in [0.05, 0.1) is 12.2 Å². The summed E-state index contributed by atoms with van der Waals surface area (Å²) in [4.78, 5) is 0. The first-order valence-corrected chi connectivity index (χ1v) is 9.60. The lowest BCUT2D eigenvalue weighted by molar-refractivity contribution is -0.163. The van der Waals surface area contributed by atoms with Crippen molar-refractivity contribution in [2.24, 2.45) is 23.2 Å². The van der Waals surface area contributed by atoms with Crippen molar-refractivity contribution in [2.75, 3.05) is 0 Å². The minimum atomic E-state index is -0.597. The molecule has 6 aliphatic rings. The lowest BCUT2D eigenvalue weighted by Crippen LogP contribution is -2.63. The van der Waals surface area contributed by atoms with Crippen LogP contribution < -0.4 is 0 Å². The van der Waals surface area contributed by atoms with Crippen molar-refractivity contribution < 1.29 is 18.9 Å². The highest BCUT2D eigenvalue weighted by atomic mass is 16.8. The van der Waals surface area contributed by atoms with Gasteiger partial charge in [-0.1, -0.05) is 37.0 Å². The summed E-state index contributed by atoms with van der Waals surface area (Å²) in [5.74, 6) is -0.438. The summed E-state index contributed by atoms with van der Waals surface area (Å²) < 4.78 is 25.4. The number of ether oxygens (including phenoxy) is 4. The standard InChI is InChI=1S/C22H28O4/c1-7-12-11-14-15(18-16(12)23-20(3,4)25-18)13-9-10-22(14,8-2)19-17(13)24-21(5,6)26-19/h7-11,13-19H,1-2H2,3-6H3/t13-,14+,15+,16+,17-,18?,19-,22+/m0/s1. The Labute approximate surface area is 155 Å². The fraction of sp³-hybridized carbons (Fsp3) is 0.636. The van der Waals surface area contributed by atoms with Crippen molar-refractivity contribution in [2.45, 2.75) is 63.7 Å². The number of rotatable bonds is 2. The van der Waals surface area contributed by atoms with Crippen molar-refractivity contribution in [1.82, 2.24) is 0 Å². The van der Waals surface area contributed by atoms with E-state index in [1.165, 1.54) is 0 Å². The normalized spacial score (nSPS) is 52.0. The van der Waals surface area contributed by atoms with Gasteiger partial charge in [-0.3, -0.25) is 0 Å². The van der Waals surface area contributed by atoms with Crippen LogP contribution in [-0.4, -0.2) is 36.0 Å². The molecule has 2 heterocycles. The maximum absolute atomic E-state index is 6.42. The zero-order chi connectivity index (χ0) is 18.5. The van der Waals surface area contributed by atoms with E-state index in [9.17, 15) is 0 Å². The number of fused-ring (bicyclic) bond motifs is 1. The van der Waals surface area contributed by atoms with Gasteiger partial charge in [0.15, 0.2) is 11.6 Å². The van der Waals surface area contributed by atoms with Crippen LogP contribution in [0.2, 0.25) is 0 Å². The zero-order valence-corrected chi connectivity index (χ0v) is 16.0. The average molecular weight is 356 g/mol. The molecule has 0 aromatic rings. The fourth-order valence-electron chi connectivity index (χ4n) is 5.97. The Morgan fingerprint density at radius 3 is 2.35 bits per heavy atom. The second-order valence-electron chi connectivity index (χ2n) is 9.16. The molecule has 0 aromatic carbocycles. The van der Waals surface area contributed by atoms with Gasteiger partial charge in [0.1, 0.15) is 12.2 Å². The van der Waals surface area contributed by atoms with E-state index in [-0.39, 0.29) is 47.6 Å². The number of allylic oxidation sites excluding steroid dienone is 1. The topological polar surface area (TPSA) is 36.9 Å². The molecule has 0 amide bonds. The summed E-state index contributed by atoms with van der Waals surface area (Å²) in [5, 5.41) is 0. The smallest absolute Gasteiger partial charge is 0.164 e. The molecule has 26 heavy (non-hydrogen) atoms. The highest BCUT2D eigenvalue weighted by molar-refractivity contribution is 5.40. The minimum Gasteiger partial charge on any atom is -0.344 e. The molecule has 4 nitrogen and oxygen atoms in total. The van der Waals surface area contributed by atoms with E-state index in [0.717, 1.165) is 5.57 Å². The maximum atomic E-state index is 6.42. The fourth-order valence-corrected chi connectivity index (χ4v) is 5.97.